The van der Waals surface area contributed by atoms with E-state index in [1.165, 1.54) is 29.1 Å². The molecule has 2 heterocycles. The van der Waals surface area contributed by atoms with Crippen LogP contribution in [0.5, 0.6) is 0 Å². The Morgan fingerprint density at radius 1 is 1.00 bits per heavy atom. The second kappa shape index (κ2) is 6.14. The van der Waals surface area contributed by atoms with Crippen LogP contribution in [0.4, 0.5) is 8.78 Å². The van der Waals surface area contributed by atoms with Gasteiger partial charge in [-0.25, -0.2) is 13.5 Å². The topological polar surface area (TPSA) is 43.9 Å². The van der Waals surface area contributed by atoms with E-state index in [-0.39, 0.29) is 16.3 Å². The molecule has 7 heteroatoms. The van der Waals surface area contributed by atoms with E-state index >= 15 is 0 Å². The van der Waals surface area contributed by atoms with Gasteiger partial charge < -0.3 is 4.52 Å². The average molecular weight is 358 g/mol. The van der Waals surface area contributed by atoms with Gasteiger partial charge in [-0.3, -0.25) is 0 Å². The summed E-state index contributed by atoms with van der Waals surface area (Å²) in [7, 11) is 0. The Bertz CT molecular complexity index is 1040. The van der Waals surface area contributed by atoms with Crippen molar-refractivity contribution in [3.05, 3.63) is 77.6 Å². The van der Waals surface area contributed by atoms with Crippen LogP contribution in [0.25, 0.3) is 28.3 Å². The van der Waals surface area contributed by atoms with Gasteiger partial charge >= 0.3 is 0 Å². The minimum absolute atomic E-state index is 0.167. The Morgan fingerprint density at radius 2 is 1.80 bits per heavy atom. The molecular formula is C18H10ClF2N3O. The zero-order chi connectivity index (χ0) is 17.4. The van der Waals surface area contributed by atoms with E-state index < -0.39 is 11.6 Å². The summed E-state index contributed by atoms with van der Waals surface area (Å²) in [5.74, 6) is -0.514. The van der Waals surface area contributed by atoms with Gasteiger partial charge in [0, 0.05) is 12.3 Å². The van der Waals surface area contributed by atoms with Crippen molar-refractivity contribution in [1.82, 2.24) is 14.9 Å². The molecule has 0 spiro atoms. The molecule has 25 heavy (non-hydrogen) atoms. The van der Waals surface area contributed by atoms with E-state index in [0.717, 1.165) is 0 Å². The van der Waals surface area contributed by atoms with Gasteiger partial charge in [0.2, 0.25) is 0 Å². The maximum Gasteiger partial charge on any atom is 0.170 e. The fourth-order valence-corrected chi connectivity index (χ4v) is 2.75. The SMILES string of the molecule is Fc1ccccc1-n1cc(-c2cc(-c3c(F)cccc3Cl)no2)cn1. The summed E-state index contributed by atoms with van der Waals surface area (Å²) in [4.78, 5) is 0. The number of benzene rings is 2. The molecule has 4 rings (SSSR count). The fraction of sp³-hybridized carbons (Fsp3) is 0. The van der Waals surface area contributed by atoms with Crippen LogP contribution in [0, 0.1) is 11.6 Å². The zero-order valence-corrected chi connectivity index (χ0v) is 13.4. The van der Waals surface area contributed by atoms with Crippen LogP contribution in [0.1, 0.15) is 0 Å². The molecule has 0 radical (unpaired) electrons. The number of hydrogen-bond donors (Lipinski definition) is 0. The van der Waals surface area contributed by atoms with Crippen molar-refractivity contribution >= 4 is 11.6 Å². The Hall–Kier alpha value is -2.99. The quantitative estimate of drug-likeness (QED) is 0.510. The van der Waals surface area contributed by atoms with E-state index in [1.807, 2.05) is 0 Å². The second-order valence-corrected chi connectivity index (χ2v) is 5.71. The Balaban J connectivity index is 1.71. The van der Waals surface area contributed by atoms with Gasteiger partial charge in [-0.15, -0.1) is 0 Å². The third-order valence-corrected chi connectivity index (χ3v) is 4.01. The average Bonchev–Trinajstić information content (AvgIpc) is 3.24. The monoisotopic (exact) mass is 357 g/mol. The summed E-state index contributed by atoms with van der Waals surface area (Å²) in [6.45, 7) is 0. The van der Waals surface area contributed by atoms with Gasteiger partial charge in [-0.1, -0.05) is 35.0 Å². The third kappa shape index (κ3) is 2.81. The summed E-state index contributed by atoms with van der Waals surface area (Å²) in [6.07, 6.45) is 3.12. The molecule has 0 saturated carbocycles. The van der Waals surface area contributed by atoms with Gasteiger partial charge in [0.15, 0.2) is 5.76 Å². The zero-order valence-electron chi connectivity index (χ0n) is 12.7. The highest BCUT2D eigenvalue weighted by molar-refractivity contribution is 6.33. The molecule has 0 aliphatic rings. The molecule has 0 fully saturated rings. The first-order chi connectivity index (χ1) is 12.1. The van der Waals surface area contributed by atoms with Crippen molar-refractivity contribution in [2.24, 2.45) is 0 Å². The van der Waals surface area contributed by atoms with E-state index in [2.05, 4.69) is 10.3 Å². The molecule has 0 aliphatic heterocycles. The van der Waals surface area contributed by atoms with E-state index in [1.54, 1.807) is 36.5 Å². The normalized spacial score (nSPS) is 11.0. The lowest BCUT2D eigenvalue weighted by atomic mass is 10.1. The first-order valence-corrected chi connectivity index (χ1v) is 7.72. The molecule has 0 N–H and O–H groups in total. The third-order valence-electron chi connectivity index (χ3n) is 3.70. The van der Waals surface area contributed by atoms with E-state index in [4.69, 9.17) is 16.1 Å². The molecule has 0 saturated heterocycles. The van der Waals surface area contributed by atoms with Gasteiger partial charge in [0.1, 0.15) is 23.0 Å². The predicted octanol–water partition coefficient (Wildman–Crippen LogP) is 5.13. The molecular weight excluding hydrogens is 348 g/mol. The lowest BCUT2D eigenvalue weighted by Gasteiger charge is -2.01. The highest BCUT2D eigenvalue weighted by atomic mass is 35.5. The summed E-state index contributed by atoms with van der Waals surface area (Å²) < 4.78 is 34.5. The summed E-state index contributed by atoms with van der Waals surface area (Å²) in [6, 6.07) is 12.2. The summed E-state index contributed by atoms with van der Waals surface area (Å²) in [5, 5.41) is 8.24. The van der Waals surface area contributed by atoms with Crippen LogP contribution in [0.2, 0.25) is 5.02 Å². The Labute approximate surface area is 146 Å². The van der Waals surface area contributed by atoms with Crippen LogP contribution in [0.3, 0.4) is 0 Å². The highest BCUT2D eigenvalue weighted by Crippen LogP contribution is 2.32. The molecule has 0 aliphatic carbocycles. The molecule has 0 bridgehead atoms. The van der Waals surface area contributed by atoms with Crippen LogP contribution in [-0.2, 0) is 0 Å². The number of nitrogens with zero attached hydrogens (tertiary/aromatic N) is 3. The molecule has 2 aromatic heterocycles. The molecule has 0 atom stereocenters. The molecule has 4 nitrogen and oxygen atoms in total. The number of aromatic nitrogens is 3. The highest BCUT2D eigenvalue weighted by Gasteiger charge is 2.16. The van der Waals surface area contributed by atoms with E-state index in [9.17, 15) is 8.78 Å². The Morgan fingerprint density at radius 3 is 2.60 bits per heavy atom. The van der Waals surface area contributed by atoms with E-state index in [0.29, 0.717) is 17.0 Å². The largest absolute Gasteiger partial charge is 0.356 e. The molecule has 2 aromatic carbocycles. The lowest BCUT2D eigenvalue weighted by molar-refractivity contribution is 0.434. The maximum atomic E-state index is 14.0. The standard InChI is InChI=1S/C18H10ClF2N3O/c19-12-4-3-6-14(21)18(12)15-8-17(25-23-15)11-9-22-24(10-11)16-7-2-1-5-13(16)20/h1-10H. The number of hydrogen-bond acceptors (Lipinski definition) is 3. The Kier molecular flexibility index (Phi) is 3.82. The van der Waals surface area contributed by atoms with Crippen LogP contribution in [0.15, 0.2) is 65.4 Å². The minimum atomic E-state index is -0.491. The van der Waals surface area contributed by atoms with Crippen molar-refractivity contribution < 1.29 is 13.3 Å². The van der Waals surface area contributed by atoms with Gasteiger partial charge in [0.25, 0.3) is 0 Å². The predicted molar refractivity (Wildman–Crippen MR) is 89.4 cm³/mol. The second-order valence-electron chi connectivity index (χ2n) is 5.30. The van der Waals surface area contributed by atoms with Gasteiger partial charge in [-0.05, 0) is 24.3 Å². The number of rotatable bonds is 3. The van der Waals surface area contributed by atoms with Crippen LogP contribution >= 0.6 is 11.6 Å². The van der Waals surface area contributed by atoms with Crippen molar-refractivity contribution in [2.75, 3.05) is 0 Å². The van der Waals surface area contributed by atoms with Crippen molar-refractivity contribution in [2.45, 2.75) is 0 Å². The molecule has 124 valence electrons. The van der Waals surface area contributed by atoms with Crippen molar-refractivity contribution in [3.8, 4) is 28.3 Å². The van der Waals surface area contributed by atoms with Crippen LogP contribution in [-0.4, -0.2) is 14.9 Å². The van der Waals surface area contributed by atoms with Crippen LogP contribution < -0.4 is 0 Å². The molecule has 0 amide bonds. The molecule has 0 unspecified atom stereocenters. The van der Waals surface area contributed by atoms with Crippen molar-refractivity contribution in [3.63, 3.8) is 0 Å². The summed E-state index contributed by atoms with van der Waals surface area (Å²) in [5.41, 5.74) is 1.33. The van der Waals surface area contributed by atoms with Gasteiger partial charge in [-0.2, -0.15) is 5.10 Å². The summed E-state index contributed by atoms with van der Waals surface area (Å²) >= 11 is 6.04. The fourth-order valence-electron chi connectivity index (χ4n) is 2.49. The lowest BCUT2D eigenvalue weighted by Crippen LogP contribution is -1.96. The number of halogens is 3. The van der Waals surface area contributed by atoms with Gasteiger partial charge in [0.05, 0.1) is 22.3 Å². The maximum absolute atomic E-state index is 14.0. The molecule has 4 aromatic rings. The first-order valence-electron chi connectivity index (χ1n) is 7.34. The number of para-hydroxylation sites is 1. The minimum Gasteiger partial charge on any atom is -0.356 e. The first kappa shape index (κ1) is 15.5. The smallest absolute Gasteiger partial charge is 0.170 e. The van der Waals surface area contributed by atoms with Crippen molar-refractivity contribution in [1.29, 1.82) is 0 Å².